The first-order valence-electron chi connectivity index (χ1n) is 13.5. The predicted octanol–water partition coefficient (Wildman–Crippen LogP) is 7.08. The Kier molecular flexibility index (Phi) is 21.1. The van der Waals surface area contributed by atoms with Crippen molar-refractivity contribution in [2.75, 3.05) is 13.2 Å². The molecule has 0 spiro atoms. The Morgan fingerprint density at radius 3 is 1.45 bits per heavy atom. The molecule has 0 saturated carbocycles. The summed E-state index contributed by atoms with van der Waals surface area (Å²) >= 11 is 0. The number of rotatable bonds is 23. The van der Waals surface area contributed by atoms with Crippen molar-refractivity contribution in [1.29, 1.82) is 0 Å². The standard InChI is InChI=1S/C27H50O6/c1-4-6-8-10-12-14-16-18-20-32-25(28)22-24(23(3)26(29)30)27(31)33-21-19-17-15-13-11-9-7-5-2/h23-24H,4-22H2,1-3H3,(H,29,30). The first kappa shape index (κ1) is 31.4. The molecule has 0 aromatic carbocycles. The Morgan fingerprint density at radius 2 is 1.03 bits per heavy atom. The Bertz CT molecular complexity index is 505. The Labute approximate surface area is 202 Å². The molecule has 0 radical (unpaired) electrons. The van der Waals surface area contributed by atoms with Gasteiger partial charge in [0.25, 0.3) is 0 Å². The first-order chi connectivity index (χ1) is 15.9. The molecule has 0 rings (SSSR count). The van der Waals surface area contributed by atoms with E-state index in [1.54, 1.807) is 0 Å². The van der Waals surface area contributed by atoms with Gasteiger partial charge >= 0.3 is 17.9 Å². The number of aliphatic carboxylic acids is 1. The minimum absolute atomic E-state index is 0.249. The number of carboxylic acid groups (broad SMARTS) is 1. The summed E-state index contributed by atoms with van der Waals surface area (Å²) < 4.78 is 10.6. The van der Waals surface area contributed by atoms with Crippen molar-refractivity contribution in [3.05, 3.63) is 0 Å². The third-order valence-electron chi connectivity index (χ3n) is 6.19. The van der Waals surface area contributed by atoms with Gasteiger partial charge in [-0.15, -0.1) is 0 Å². The third-order valence-corrected chi connectivity index (χ3v) is 6.19. The fourth-order valence-electron chi connectivity index (χ4n) is 3.81. The average Bonchev–Trinajstić information content (AvgIpc) is 2.79. The second kappa shape index (κ2) is 22.2. The van der Waals surface area contributed by atoms with Crippen LogP contribution in [-0.4, -0.2) is 36.2 Å². The Morgan fingerprint density at radius 1 is 0.636 bits per heavy atom. The molecule has 0 fully saturated rings. The lowest BCUT2D eigenvalue weighted by Gasteiger charge is -2.19. The predicted molar refractivity (Wildman–Crippen MR) is 132 cm³/mol. The maximum atomic E-state index is 12.5. The minimum Gasteiger partial charge on any atom is -0.481 e. The van der Waals surface area contributed by atoms with E-state index < -0.39 is 29.7 Å². The molecule has 0 heterocycles. The van der Waals surface area contributed by atoms with Crippen molar-refractivity contribution in [2.45, 2.75) is 130 Å². The van der Waals surface area contributed by atoms with Gasteiger partial charge in [0.15, 0.2) is 0 Å². The number of carboxylic acids is 1. The summed E-state index contributed by atoms with van der Waals surface area (Å²) in [4.78, 5) is 36.1. The second-order valence-corrected chi connectivity index (χ2v) is 9.28. The molecule has 0 aliphatic heterocycles. The van der Waals surface area contributed by atoms with E-state index in [0.29, 0.717) is 6.61 Å². The van der Waals surface area contributed by atoms with Gasteiger partial charge in [-0.3, -0.25) is 14.4 Å². The van der Waals surface area contributed by atoms with Crippen molar-refractivity contribution in [2.24, 2.45) is 11.8 Å². The van der Waals surface area contributed by atoms with Crippen LogP contribution < -0.4 is 0 Å². The summed E-state index contributed by atoms with van der Waals surface area (Å²) in [5.74, 6) is -4.26. The van der Waals surface area contributed by atoms with Crippen molar-refractivity contribution >= 4 is 17.9 Å². The molecule has 6 heteroatoms. The molecule has 33 heavy (non-hydrogen) atoms. The molecular formula is C27H50O6. The van der Waals surface area contributed by atoms with E-state index in [9.17, 15) is 19.5 Å². The molecule has 0 aromatic rings. The van der Waals surface area contributed by atoms with Crippen LogP contribution in [-0.2, 0) is 23.9 Å². The number of hydrogen-bond donors (Lipinski definition) is 1. The summed E-state index contributed by atoms with van der Waals surface area (Å²) in [5, 5.41) is 9.34. The van der Waals surface area contributed by atoms with Crippen LogP contribution in [0.4, 0.5) is 0 Å². The lowest BCUT2D eigenvalue weighted by molar-refractivity contribution is -0.161. The van der Waals surface area contributed by atoms with Crippen LogP contribution in [0.5, 0.6) is 0 Å². The smallest absolute Gasteiger partial charge is 0.310 e. The number of ether oxygens (including phenoxy) is 2. The van der Waals surface area contributed by atoms with Crippen molar-refractivity contribution < 1.29 is 29.0 Å². The van der Waals surface area contributed by atoms with E-state index in [1.807, 2.05) is 0 Å². The molecule has 1 N–H and O–H groups in total. The molecule has 0 saturated heterocycles. The van der Waals surface area contributed by atoms with E-state index >= 15 is 0 Å². The molecule has 0 aromatic heterocycles. The zero-order valence-corrected chi connectivity index (χ0v) is 21.6. The topological polar surface area (TPSA) is 89.9 Å². The Balaban J connectivity index is 4.12. The van der Waals surface area contributed by atoms with Gasteiger partial charge in [0.05, 0.1) is 31.5 Å². The lowest BCUT2D eigenvalue weighted by atomic mass is 9.91. The molecule has 6 nitrogen and oxygen atoms in total. The maximum Gasteiger partial charge on any atom is 0.310 e. The molecular weight excluding hydrogens is 420 g/mol. The number of hydrogen-bond acceptors (Lipinski definition) is 5. The monoisotopic (exact) mass is 470 g/mol. The van der Waals surface area contributed by atoms with Crippen molar-refractivity contribution in [3.63, 3.8) is 0 Å². The van der Waals surface area contributed by atoms with Gasteiger partial charge in [0.2, 0.25) is 0 Å². The van der Waals surface area contributed by atoms with E-state index in [2.05, 4.69) is 13.8 Å². The quantitative estimate of drug-likeness (QED) is 0.127. The third kappa shape index (κ3) is 18.5. The highest BCUT2D eigenvalue weighted by atomic mass is 16.5. The van der Waals surface area contributed by atoms with E-state index in [-0.39, 0.29) is 13.0 Å². The normalized spacial score (nSPS) is 12.8. The summed E-state index contributed by atoms with van der Waals surface area (Å²) in [6.45, 7) is 6.42. The van der Waals surface area contributed by atoms with Crippen LogP contribution in [0.25, 0.3) is 0 Å². The molecule has 0 aliphatic rings. The SMILES string of the molecule is CCCCCCCCCCOC(=O)CC(C(=O)OCCCCCCCCCC)C(C)C(=O)O. The lowest BCUT2D eigenvalue weighted by Crippen LogP contribution is -2.32. The first-order valence-corrected chi connectivity index (χ1v) is 13.5. The summed E-state index contributed by atoms with van der Waals surface area (Å²) in [7, 11) is 0. The van der Waals surface area contributed by atoms with E-state index in [0.717, 1.165) is 38.5 Å². The average molecular weight is 471 g/mol. The molecule has 194 valence electrons. The molecule has 2 atom stereocenters. The molecule has 0 amide bonds. The van der Waals surface area contributed by atoms with E-state index in [4.69, 9.17) is 9.47 Å². The maximum absolute atomic E-state index is 12.5. The van der Waals surface area contributed by atoms with Gasteiger partial charge in [0.1, 0.15) is 0 Å². The van der Waals surface area contributed by atoms with Crippen LogP contribution in [0.2, 0.25) is 0 Å². The van der Waals surface area contributed by atoms with Gasteiger partial charge < -0.3 is 14.6 Å². The van der Waals surface area contributed by atoms with Crippen LogP contribution in [0.15, 0.2) is 0 Å². The van der Waals surface area contributed by atoms with Gasteiger partial charge in [-0.1, -0.05) is 111 Å². The highest BCUT2D eigenvalue weighted by Crippen LogP contribution is 2.20. The van der Waals surface area contributed by atoms with Gasteiger partial charge in [0, 0.05) is 0 Å². The van der Waals surface area contributed by atoms with Crippen LogP contribution in [0, 0.1) is 11.8 Å². The zero-order chi connectivity index (χ0) is 24.7. The van der Waals surface area contributed by atoms with Gasteiger partial charge in [-0.2, -0.15) is 0 Å². The number of unbranched alkanes of at least 4 members (excludes halogenated alkanes) is 14. The largest absolute Gasteiger partial charge is 0.481 e. The summed E-state index contributed by atoms with van der Waals surface area (Å²) in [5.41, 5.74) is 0. The van der Waals surface area contributed by atoms with Crippen LogP contribution in [0.3, 0.4) is 0 Å². The molecule has 0 bridgehead atoms. The Hall–Kier alpha value is -1.59. The number of carbonyl (C=O) groups is 3. The van der Waals surface area contributed by atoms with E-state index in [1.165, 1.54) is 71.1 Å². The van der Waals surface area contributed by atoms with Crippen LogP contribution in [0.1, 0.15) is 130 Å². The fraction of sp³-hybridized carbons (Fsp3) is 0.889. The summed E-state index contributed by atoms with van der Waals surface area (Å²) in [6.07, 6.45) is 18.0. The van der Waals surface area contributed by atoms with Crippen LogP contribution >= 0.6 is 0 Å². The van der Waals surface area contributed by atoms with Crippen molar-refractivity contribution in [3.8, 4) is 0 Å². The van der Waals surface area contributed by atoms with Gasteiger partial charge in [-0.05, 0) is 12.8 Å². The zero-order valence-electron chi connectivity index (χ0n) is 21.6. The second-order valence-electron chi connectivity index (χ2n) is 9.28. The number of esters is 2. The molecule has 0 aliphatic carbocycles. The fourth-order valence-corrected chi connectivity index (χ4v) is 3.81. The number of carbonyl (C=O) groups excluding carboxylic acids is 2. The van der Waals surface area contributed by atoms with Gasteiger partial charge in [-0.25, -0.2) is 0 Å². The summed E-state index contributed by atoms with van der Waals surface area (Å²) in [6, 6.07) is 0. The highest BCUT2D eigenvalue weighted by molar-refractivity contribution is 5.85. The minimum atomic E-state index is -1.11. The van der Waals surface area contributed by atoms with Crippen molar-refractivity contribution in [1.82, 2.24) is 0 Å². The highest BCUT2D eigenvalue weighted by Gasteiger charge is 2.34. The molecule has 2 unspecified atom stereocenters.